The maximum Gasteiger partial charge on any atom is 0.317 e. The van der Waals surface area contributed by atoms with Crippen molar-refractivity contribution in [2.24, 2.45) is 5.92 Å². The van der Waals surface area contributed by atoms with Crippen molar-refractivity contribution in [3.05, 3.63) is 35.9 Å². The Kier molecular flexibility index (Phi) is 11.1. The number of nitrogens with zero attached hydrogens (tertiary/aromatic N) is 2. The molecule has 1 aromatic carbocycles. The van der Waals surface area contributed by atoms with E-state index in [1.807, 2.05) is 23.1 Å². The molecule has 1 unspecified atom stereocenters. The lowest BCUT2D eigenvalue weighted by atomic mass is 10.1. The van der Waals surface area contributed by atoms with Crippen LogP contribution >= 0.6 is 0 Å². The minimum atomic E-state index is -0.250. The molecule has 3 N–H and O–H groups in total. The number of nitrogens with one attached hydrogen (secondary N) is 1. The Labute approximate surface area is 162 Å². The predicted molar refractivity (Wildman–Crippen MR) is 106 cm³/mol. The fraction of sp³-hybridized carbons (Fsp3) is 0.600. The number of piperazine rings is 1. The molecule has 2 rings (SSSR count). The number of rotatable bonds is 7. The molecule has 1 fully saturated rings. The quantitative estimate of drug-likeness (QED) is 0.627. The number of amides is 2. The summed E-state index contributed by atoms with van der Waals surface area (Å²) < 4.78 is 0. The van der Waals surface area contributed by atoms with Gasteiger partial charge in [-0.3, -0.25) is 9.69 Å². The minimum Gasteiger partial charge on any atom is -0.483 e. The largest absolute Gasteiger partial charge is 0.483 e. The summed E-state index contributed by atoms with van der Waals surface area (Å²) in [7, 11) is 0. The van der Waals surface area contributed by atoms with Gasteiger partial charge in [-0.1, -0.05) is 44.2 Å². The van der Waals surface area contributed by atoms with Crippen LogP contribution in [0.5, 0.6) is 0 Å². The second kappa shape index (κ2) is 13.1. The summed E-state index contributed by atoms with van der Waals surface area (Å²) in [5.41, 5.74) is 1.23. The summed E-state index contributed by atoms with van der Waals surface area (Å²) in [6.45, 7) is 8.35. The Balaban J connectivity index is 0.00000114. The van der Waals surface area contributed by atoms with E-state index in [0.29, 0.717) is 19.0 Å². The van der Waals surface area contributed by atoms with Crippen molar-refractivity contribution in [3.8, 4) is 0 Å². The second-order valence-corrected chi connectivity index (χ2v) is 7.07. The lowest BCUT2D eigenvalue weighted by Crippen LogP contribution is -2.57. The normalized spacial score (nSPS) is 17.2. The standard InChI is InChI=1S/C19H31N3O2.CH2O2/c1-16(2)14-21-11-12-22(15-18(21)9-13-23)19(24)20-10-8-17-6-4-3-5-7-17;2-1-3/h3-7,16,18,23H,8-15H2,1-2H3,(H,20,24);1H,(H,2,3). The van der Waals surface area contributed by atoms with Gasteiger partial charge in [0.1, 0.15) is 0 Å². The maximum absolute atomic E-state index is 12.4. The molecule has 1 aliphatic rings. The Bertz CT molecular complexity index is 539. The molecule has 2 amide bonds. The molecule has 1 saturated heterocycles. The van der Waals surface area contributed by atoms with Crippen LogP contribution < -0.4 is 5.32 Å². The van der Waals surface area contributed by atoms with Gasteiger partial charge < -0.3 is 20.4 Å². The molecule has 1 aliphatic heterocycles. The van der Waals surface area contributed by atoms with Gasteiger partial charge in [0.25, 0.3) is 6.47 Å². The molecule has 0 aromatic heterocycles. The highest BCUT2D eigenvalue weighted by atomic mass is 16.3. The summed E-state index contributed by atoms with van der Waals surface area (Å²) in [6.07, 6.45) is 1.57. The Hall–Kier alpha value is -2.12. The zero-order valence-electron chi connectivity index (χ0n) is 16.4. The smallest absolute Gasteiger partial charge is 0.317 e. The number of hydrogen-bond acceptors (Lipinski definition) is 4. The van der Waals surface area contributed by atoms with E-state index in [2.05, 4.69) is 36.2 Å². The maximum atomic E-state index is 12.4. The van der Waals surface area contributed by atoms with Gasteiger partial charge in [-0.05, 0) is 24.3 Å². The van der Waals surface area contributed by atoms with Crippen LogP contribution in [0, 0.1) is 5.92 Å². The van der Waals surface area contributed by atoms with Gasteiger partial charge in [0.15, 0.2) is 0 Å². The monoisotopic (exact) mass is 379 g/mol. The fourth-order valence-electron chi connectivity index (χ4n) is 3.28. The summed E-state index contributed by atoms with van der Waals surface area (Å²) in [6, 6.07) is 10.5. The topological polar surface area (TPSA) is 93.1 Å². The molecule has 152 valence electrons. The van der Waals surface area contributed by atoms with Crippen LogP contribution in [0.25, 0.3) is 0 Å². The Morgan fingerprint density at radius 2 is 1.96 bits per heavy atom. The van der Waals surface area contributed by atoms with Gasteiger partial charge in [0.05, 0.1) is 0 Å². The van der Waals surface area contributed by atoms with Gasteiger partial charge in [0.2, 0.25) is 0 Å². The number of hydrogen-bond donors (Lipinski definition) is 3. The first-order valence-electron chi connectivity index (χ1n) is 9.51. The first kappa shape index (κ1) is 22.9. The lowest BCUT2D eigenvalue weighted by Gasteiger charge is -2.42. The van der Waals surface area contributed by atoms with Crippen molar-refractivity contribution in [1.29, 1.82) is 0 Å². The van der Waals surface area contributed by atoms with Crippen molar-refractivity contribution < 1.29 is 19.8 Å². The highest BCUT2D eigenvalue weighted by molar-refractivity contribution is 5.74. The van der Waals surface area contributed by atoms with Crippen LogP contribution in [0.3, 0.4) is 0 Å². The number of urea groups is 1. The van der Waals surface area contributed by atoms with Crippen LogP contribution in [0.4, 0.5) is 4.79 Å². The predicted octanol–water partition coefficient (Wildman–Crippen LogP) is 1.66. The molecule has 1 heterocycles. The van der Waals surface area contributed by atoms with Crippen LogP contribution in [-0.4, -0.2) is 77.9 Å². The molecule has 1 aromatic rings. The fourth-order valence-corrected chi connectivity index (χ4v) is 3.28. The number of carbonyl (C=O) groups excluding carboxylic acids is 1. The van der Waals surface area contributed by atoms with E-state index in [1.54, 1.807) is 0 Å². The SMILES string of the molecule is CC(C)CN1CCN(C(=O)NCCc2ccccc2)CC1CCO.O=CO. The molecule has 0 aliphatic carbocycles. The zero-order chi connectivity index (χ0) is 20.1. The van der Waals surface area contributed by atoms with Crippen molar-refractivity contribution in [2.75, 3.05) is 39.3 Å². The number of aliphatic hydroxyl groups excluding tert-OH is 1. The highest BCUT2D eigenvalue weighted by Gasteiger charge is 2.29. The van der Waals surface area contributed by atoms with E-state index in [4.69, 9.17) is 9.90 Å². The van der Waals surface area contributed by atoms with Crippen LogP contribution in [-0.2, 0) is 11.2 Å². The molecule has 7 heteroatoms. The van der Waals surface area contributed by atoms with Crippen LogP contribution in [0.2, 0.25) is 0 Å². The van der Waals surface area contributed by atoms with Crippen molar-refractivity contribution in [1.82, 2.24) is 15.1 Å². The number of carboxylic acid groups (broad SMARTS) is 1. The van der Waals surface area contributed by atoms with Gasteiger partial charge in [0, 0.05) is 45.4 Å². The number of aliphatic hydroxyl groups is 1. The second-order valence-electron chi connectivity index (χ2n) is 7.07. The van der Waals surface area contributed by atoms with Crippen molar-refractivity contribution in [3.63, 3.8) is 0 Å². The van der Waals surface area contributed by atoms with E-state index in [-0.39, 0.29) is 25.2 Å². The highest BCUT2D eigenvalue weighted by Crippen LogP contribution is 2.15. The molecular formula is C20H33N3O4. The van der Waals surface area contributed by atoms with Crippen molar-refractivity contribution >= 4 is 12.5 Å². The van der Waals surface area contributed by atoms with Crippen LogP contribution in [0.1, 0.15) is 25.8 Å². The molecule has 27 heavy (non-hydrogen) atoms. The third kappa shape index (κ3) is 8.88. The number of carbonyl (C=O) groups is 2. The van der Waals surface area contributed by atoms with Gasteiger partial charge in [-0.15, -0.1) is 0 Å². The third-order valence-electron chi connectivity index (χ3n) is 4.49. The van der Waals surface area contributed by atoms with E-state index >= 15 is 0 Å². The average Bonchev–Trinajstić information content (AvgIpc) is 2.64. The van der Waals surface area contributed by atoms with Gasteiger partial charge >= 0.3 is 6.03 Å². The molecular weight excluding hydrogens is 346 g/mol. The van der Waals surface area contributed by atoms with E-state index in [9.17, 15) is 9.90 Å². The molecule has 0 spiro atoms. The molecule has 0 radical (unpaired) electrons. The van der Waals surface area contributed by atoms with Crippen LogP contribution in [0.15, 0.2) is 30.3 Å². The summed E-state index contributed by atoms with van der Waals surface area (Å²) in [5.74, 6) is 0.595. The molecule has 7 nitrogen and oxygen atoms in total. The number of benzene rings is 1. The Morgan fingerprint density at radius 3 is 2.56 bits per heavy atom. The first-order chi connectivity index (χ1) is 13.0. The molecule has 1 atom stereocenters. The summed E-state index contributed by atoms with van der Waals surface area (Å²) in [5, 5.41) is 19.2. The van der Waals surface area contributed by atoms with E-state index in [1.165, 1.54) is 5.56 Å². The summed E-state index contributed by atoms with van der Waals surface area (Å²) >= 11 is 0. The molecule has 0 bridgehead atoms. The lowest BCUT2D eigenvalue weighted by molar-refractivity contribution is -0.122. The third-order valence-corrected chi connectivity index (χ3v) is 4.49. The van der Waals surface area contributed by atoms with E-state index < -0.39 is 0 Å². The Morgan fingerprint density at radius 1 is 1.30 bits per heavy atom. The van der Waals surface area contributed by atoms with E-state index in [0.717, 1.165) is 32.5 Å². The molecule has 0 saturated carbocycles. The zero-order valence-corrected chi connectivity index (χ0v) is 16.4. The minimum absolute atomic E-state index is 0.0121. The van der Waals surface area contributed by atoms with Gasteiger partial charge in [-0.25, -0.2) is 4.79 Å². The average molecular weight is 380 g/mol. The van der Waals surface area contributed by atoms with Crippen molar-refractivity contribution in [2.45, 2.75) is 32.7 Å². The van der Waals surface area contributed by atoms with Gasteiger partial charge in [-0.2, -0.15) is 0 Å². The summed E-state index contributed by atoms with van der Waals surface area (Å²) in [4.78, 5) is 25.1. The first-order valence-corrected chi connectivity index (χ1v) is 9.51.